The fourth-order valence-corrected chi connectivity index (χ4v) is 1.42. The van der Waals surface area contributed by atoms with Crippen LogP contribution in [0.4, 0.5) is 4.39 Å². The summed E-state index contributed by atoms with van der Waals surface area (Å²) in [6, 6.07) is 3.81. The Kier molecular flexibility index (Phi) is 5.08. The number of amides is 1. The maximum Gasteiger partial charge on any atom is 0.252 e. The van der Waals surface area contributed by atoms with Gasteiger partial charge in [0.2, 0.25) is 0 Å². The summed E-state index contributed by atoms with van der Waals surface area (Å²) in [5.74, 6) is 4.25. The van der Waals surface area contributed by atoms with Crippen molar-refractivity contribution in [1.82, 2.24) is 5.32 Å². The fourth-order valence-electron chi connectivity index (χ4n) is 1.42. The zero-order chi connectivity index (χ0) is 14.5. The molecule has 0 aliphatic rings. The first kappa shape index (κ1) is 15.2. The van der Waals surface area contributed by atoms with Gasteiger partial charge in [-0.25, -0.2) is 4.39 Å². The molecule has 0 unspecified atom stereocenters. The van der Waals surface area contributed by atoms with Crippen molar-refractivity contribution < 1.29 is 14.3 Å². The highest BCUT2D eigenvalue weighted by Crippen LogP contribution is 2.14. The Bertz CT molecular complexity index is 527. The van der Waals surface area contributed by atoms with Crippen molar-refractivity contribution in [3.05, 3.63) is 35.1 Å². The summed E-state index contributed by atoms with van der Waals surface area (Å²) in [7, 11) is 0. The summed E-state index contributed by atoms with van der Waals surface area (Å²) in [6.45, 7) is 5.45. The van der Waals surface area contributed by atoms with E-state index in [1.165, 1.54) is 18.2 Å². The largest absolute Gasteiger partial charge is 0.384 e. The number of hydrogen-bond acceptors (Lipinski definition) is 2. The summed E-state index contributed by atoms with van der Waals surface area (Å²) in [4.78, 5) is 12.2. The van der Waals surface area contributed by atoms with Gasteiger partial charge in [-0.15, -0.1) is 0 Å². The van der Waals surface area contributed by atoms with Crippen LogP contribution in [0.2, 0.25) is 0 Å². The monoisotopic (exact) mass is 263 g/mol. The van der Waals surface area contributed by atoms with Crippen LogP contribution in [0.1, 0.15) is 43.1 Å². The molecular formula is C15H18FNO2. The molecule has 102 valence electrons. The first-order chi connectivity index (χ1) is 8.89. The Balaban J connectivity index is 3.09. The van der Waals surface area contributed by atoms with Crippen molar-refractivity contribution in [2.24, 2.45) is 0 Å². The average Bonchev–Trinajstić information content (AvgIpc) is 2.35. The lowest BCUT2D eigenvalue weighted by Gasteiger charge is -2.24. The molecule has 3 nitrogen and oxygen atoms in total. The number of benzene rings is 1. The molecule has 1 aromatic carbocycles. The number of aliphatic hydroxyl groups is 1. The van der Waals surface area contributed by atoms with Gasteiger partial charge in [-0.2, -0.15) is 0 Å². The highest BCUT2D eigenvalue weighted by molar-refractivity contribution is 5.97. The lowest BCUT2D eigenvalue weighted by molar-refractivity contribution is 0.0911. The second-order valence-corrected chi connectivity index (χ2v) is 4.84. The third-order valence-corrected chi connectivity index (χ3v) is 2.86. The molecule has 0 radical (unpaired) electrons. The van der Waals surface area contributed by atoms with E-state index < -0.39 is 5.82 Å². The summed E-state index contributed by atoms with van der Waals surface area (Å²) < 4.78 is 13.2. The quantitative estimate of drug-likeness (QED) is 0.820. The van der Waals surface area contributed by atoms with Gasteiger partial charge in [0, 0.05) is 11.1 Å². The maximum absolute atomic E-state index is 13.2. The fraction of sp³-hybridized carbons (Fsp3) is 0.400. The molecule has 0 spiro atoms. The third-order valence-electron chi connectivity index (χ3n) is 2.86. The van der Waals surface area contributed by atoms with Gasteiger partial charge in [-0.05, 0) is 38.5 Å². The van der Waals surface area contributed by atoms with Gasteiger partial charge >= 0.3 is 0 Å². The summed E-state index contributed by atoms with van der Waals surface area (Å²) in [5, 5.41) is 11.5. The molecule has 0 atom stereocenters. The maximum atomic E-state index is 13.2. The minimum atomic E-state index is -0.464. The van der Waals surface area contributed by atoms with Gasteiger partial charge in [0.1, 0.15) is 12.4 Å². The molecule has 19 heavy (non-hydrogen) atoms. The molecule has 0 bridgehead atoms. The number of rotatable bonds is 3. The van der Waals surface area contributed by atoms with Crippen molar-refractivity contribution >= 4 is 5.91 Å². The molecule has 1 rings (SSSR count). The van der Waals surface area contributed by atoms with E-state index in [1.807, 2.05) is 20.8 Å². The molecule has 0 saturated carbocycles. The van der Waals surface area contributed by atoms with Crippen molar-refractivity contribution in [3.63, 3.8) is 0 Å². The van der Waals surface area contributed by atoms with E-state index in [1.54, 1.807) is 0 Å². The van der Waals surface area contributed by atoms with Crippen LogP contribution >= 0.6 is 0 Å². The van der Waals surface area contributed by atoms with E-state index >= 15 is 0 Å². The van der Waals surface area contributed by atoms with E-state index in [0.29, 0.717) is 5.56 Å². The van der Waals surface area contributed by atoms with E-state index in [9.17, 15) is 9.18 Å². The molecule has 2 N–H and O–H groups in total. The molecule has 0 fully saturated rings. The number of hydrogen-bond donors (Lipinski definition) is 2. The Hall–Kier alpha value is -1.86. The predicted octanol–water partition coefficient (Wildman–Crippen LogP) is 2.09. The van der Waals surface area contributed by atoms with Crippen LogP contribution in [0.25, 0.3) is 0 Å². The molecule has 1 aromatic rings. The standard InChI is InChI=1S/C15H18FNO2/c1-4-15(2,3)17-14(19)13-8-7-12(16)10-11(13)6-5-9-18/h7-8,10,18H,4,9H2,1-3H3,(H,17,19). The molecule has 0 heterocycles. The zero-order valence-electron chi connectivity index (χ0n) is 11.4. The predicted molar refractivity (Wildman–Crippen MR) is 72.2 cm³/mol. The van der Waals surface area contributed by atoms with E-state index in [4.69, 9.17) is 5.11 Å². The number of nitrogens with one attached hydrogen (secondary N) is 1. The van der Waals surface area contributed by atoms with Crippen LogP contribution in [-0.2, 0) is 0 Å². The molecule has 1 amide bonds. The Morgan fingerprint density at radius 3 is 2.74 bits per heavy atom. The van der Waals surface area contributed by atoms with Crippen LogP contribution in [-0.4, -0.2) is 23.2 Å². The first-order valence-electron chi connectivity index (χ1n) is 6.11. The van der Waals surface area contributed by atoms with Gasteiger partial charge < -0.3 is 10.4 Å². The van der Waals surface area contributed by atoms with Gasteiger partial charge in [-0.1, -0.05) is 18.8 Å². The number of carbonyl (C=O) groups is 1. The molecule has 0 aliphatic carbocycles. The second kappa shape index (κ2) is 6.35. The van der Waals surface area contributed by atoms with Crippen LogP contribution in [0, 0.1) is 17.7 Å². The molecule has 4 heteroatoms. The summed E-state index contributed by atoms with van der Waals surface area (Å²) in [6.07, 6.45) is 0.775. The highest BCUT2D eigenvalue weighted by Gasteiger charge is 2.20. The van der Waals surface area contributed by atoms with Gasteiger partial charge in [0.15, 0.2) is 0 Å². The summed E-state index contributed by atoms with van der Waals surface area (Å²) in [5.41, 5.74) is 0.245. The Morgan fingerprint density at radius 2 is 2.16 bits per heavy atom. The van der Waals surface area contributed by atoms with Crippen LogP contribution in [0.15, 0.2) is 18.2 Å². The second-order valence-electron chi connectivity index (χ2n) is 4.84. The van der Waals surface area contributed by atoms with Crippen molar-refractivity contribution in [2.45, 2.75) is 32.7 Å². The van der Waals surface area contributed by atoms with Crippen LogP contribution in [0.3, 0.4) is 0 Å². The minimum absolute atomic E-state index is 0.276. The zero-order valence-corrected chi connectivity index (χ0v) is 11.4. The van der Waals surface area contributed by atoms with Crippen LogP contribution < -0.4 is 5.32 Å². The smallest absolute Gasteiger partial charge is 0.252 e. The van der Waals surface area contributed by atoms with Crippen LogP contribution in [0.5, 0.6) is 0 Å². The number of carbonyl (C=O) groups excluding carboxylic acids is 1. The van der Waals surface area contributed by atoms with Gasteiger partial charge in [0.25, 0.3) is 5.91 Å². The highest BCUT2D eigenvalue weighted by atomic mass is 19.1. The lowest BCUT2D eigenvalue weighted by atomic mass is 10.00. The molecule has 0 aromatic heterocycles. The molecular weight excluding hydrogens is 245 g/mol. The molecule has 0 aliphatic heterocycles. The van der Waals surface area contributed by atoms with E-state index in [0.717, 1.165) is 6.42 Å². The molecule has 0 saturated heterocycles. The number of aliphatic hydroxyl groups excluding tert-OH is 1. The number of halogens is 1. The third kappa shape index (κ3) is 4.38. The van der Waals surface area contributed by atoms with Crippen molar-refractivity contribution in [3.8, 4) is 11.8 Å². The topological polar surface area (TPSA) is 49.3 Å². The van der Waals surface area contributed by atoms with Crippen molar-refractivity contribution in [2.75, 3.05) is 6.61 Å². The lowest BCUT2D eigenvalue weighted by Crippen LogP contribution is -2.43. The Labute approximate surface area is 112 Å². The first-order valence-corrected chi connectivity index (χ1v) is 6.11. The normalized spacial score (nSPS) is 10.6. The average molecular weight is 263 g/mol. The van der Waals surface area contributed by atoms with Gasteiger partial charge in [-0.3, -0.25) is 4.79 Å². The van der Waals surface area contributed by atoms with Crippen molar-refractivity contribution in [1.29, 1.82) is 0 Å². The minimum Gasteiger partial charge on any atom is -0.384 e. The summed E-state index contributed by atoms with van der Waals surface area (Å²) >= 11 is 0. The van der Waals surface area contributed by atoms with E-state index in [2.05, 4.69) is 17.2 Å². The van der Waals surface area contributed by atoms with E-state index in [-0.39, 0.29) is 23.6 Å². The Morgan fingerprint density at radius 1 is 1.47 bits per heavy atom. The van der Waals surface area contributed by atoms with Gasteiger partial charge in [0.05, 0.1) is 5.56 Å². The SMILES string of the molecule is CCC(C)(C)NC(=O)c1ccc(F)cc1C#CCO.